The van der Waals surface area contributed by atoms with E-state index in [1.54, 1.807) is 0 Å². The minimum atomic E-state index is 0.0642. The van der Waals surface area contributed by atoms with Crippen molar-refractivity contribution < 1.29 is 4.74 Å². The molecule has 2 heteroatoms. The van der Waals surface area contributed by atoms with E-state index in [4.69, 9.17) is 4.74 Å². The Morgan fingerprint density at radius 2 is 1.57 bits per heavy atom. The van der Waals surface area contributed by atoms with Crippen molar-refractivity contribution in [3.63, 3.8) is 0 Å². The summed E-state index contributed by atoms with van der Waals surface area (Å²) in [6, 6.07) is 0. The molecule has 0 aromatic heterocycles. The highest BCUT2D eigenvalue weighted by Crippen LogP contribution is 2.39. The molecule has 14 heavy (non-hydrogen) atoms. The number of nitrogens with one attached hydrogen (secondary N) is 1. The SMILES string of the molecule is CCC1(CC)NCCOC1(CC)CC. The highest BCUT2D eigenvalue weighted by Gasteiger charge is 2.49. The molecule has 1 rings (SSSR count). The van der Waals surface area contributed by atoms with Gasteiger partial charge in [-0.15, -0.1) is 0 Å². The quantitative estimate of drug-likeness (QED) is 0.751. The van der Waals surface area contributed by atoms with E-state index in [0.717, 1.165) is 38.8 Å². The molecular formula is C12H25NO. The van der Waals surface area contributed by atoms with Crippen molar-refractivity contribution >= 4 is 0 Å². The van der Waals surface area contributed by atoms with Crippen molar-refractivity contribution in [2.75, 3.05) is 13.2 Å². The molecule has 0 unspecified atom stereocenters. The van der Waals surface area contributed by atoms with Crippen LogP contribution in [-0.2, 0) is 4.74 Å². The van der Waals surface area contributed by atoms with E-state index in [2.05, 4.69) is 33.0 Å². The molecule has 0 aromatic rings. The van der Waals surface area contributed by atoms with Gasteiger partial charge in [0.2, 0.25) is 0 Å². The van der Waals surface area contributed by atoms with Crippen LogP contribution in [0.25, 0.3) is 0 Å². The fraction of sp³-hybridized carbons (Fsp3) is 1.00. The molecule has 1 aliphatic heterocycles. The maximum Gasteiger partial charge on any atom is 0.0858 e. The molecule has 0 bridgehead atoms. The Balaban J connectivity index is 2.96. The minimum Gasteiger partial charge on any atom is -0.372 e. The van der Waals surface area contributed by atoms with Crippen LogP contribution >= 0.6 is 0 Å². The third-order valence-corrected chi connectivity index (χ3v) is 4.17. The number of morpholine rings is 1. The highest BCUT2D eigenvalue weighted by molar-refractivity contribution is 5.06. The number of ether oxygens (including phenoxy) is 1. The summed E-state index contributed by atoms with van der Waals surface area (Å²) in [6.45, 7) is 10.9. The molecule has 0 spiro atoms. The lowest BCUT2D eigenvalue weighted by molar-refractivity contribution is -0.146. The van der Waals surface area contributed by atoms with Gasteiger partial charge in [0.25, 0.3) is 0 Å². The van der Waals surface area contributed by atoms with Crippen molar-refractivity contribution in [3.8, 4) is 0 Å². The monoisotopic (exact) mass is 199 g/mol. The molecule has 0 saturated carbocycles. The van der Waals surface area contributed by atoms with Crippen LogP contribution in [0, 0.1) is 0 Å². The predicted molar refractivity (Wildman–Crippen MR) is 60.6 cm³/mol. The Hall–Kier alpha value is -0.0800. The third-order valence-electron chi connectivity index (χ3n) is 4.17. The molecule has 1 heterocycles. The summed E-state index contributed by atoms with van der Waals surface area (Å²) in [4.78, 5) is 0. The maximum absolute atomic E-state index is 6.10. The molecule has 0 atom stereocenters. The summed E-state index contributed by atoms with van der Waals surface area (Å²) in [5.41, 5.74) is 0.267. The van der Waals surface area contributed by atoms with E-state index in [1.165, 1.54) is 0 Å². The summed E-state index contributed by atoms with van der Waals surface area (Å²) in [6.07, 6.45) is 4.53. The number of hydrogen-bond donors (Lipinski definition) is 1. The second-order valence-corrected chi connectivity index (χ2v) is 4.27. The van der Waals surface area contributed by atoms with E-state index in [1.807, 2.05) is 0 Å². The van der Waals surface area contributed by atoms with Crippen molar-refractivity contribution in [2.45, 2.75) is 64.5 Å². The Morgan fingerprint density at radius 1 is 1.00 bits per heavy atom. The Bertz CT molecular complexity index is 151. The molecule has 0 radical (unpaired) electrons. The zero-order valence-electron chi connectivity index (χ0n) is 10.2. The summed E-state index contributed by atoms with van der Waals surface area (Å²) in [7, 11) is 0. The van der Waals surface area contributed by atoms with E-state index >= 15 is 0 Å². The first-order chi connectivity index (χ1) is 6.70. The van der Waals surface area contributed by atoms with Gasteiger partial charge < -0.3 is 10.1 Å². The normalized spacial score (nSPS) is 24.9. The van der Waals surface area contributed by atoms with Gasteiger partial charge in [0.05, 0.1) is 12.2 Å². The smallest absolute Gasteiger partial charge is 0.0858 e. The van der Waals surface area contributed by atoms with E-state index < -0.39 is 0 Å². The largest absolute Gasteiger partial charge is 0.372 e. The van der Waals surface area contributed by atoms with Crippen LogP contribution in [0.1, 0.15) is 53.4 Å². The van der Waals surface area contributed by atoms with Crippen molar-refractivity contribution in [1.82, 2.24) is 5.32 Å². The van der Waals surface area contributed by atoms with Gasteiger partial charge >= 0.3 is 0 Å². The molecule has 1 aliphatic rings. The van der Waals surface area contributed by atoms with Crippen LogP contribution in [0.4, 0.5) is 0 Å². The standard InChI is InChI=1S/C12H25NO/c1-5-11(6-2)12(7-3,8-4)14-10-9-13-11/h13H,5-10H2,1-4H3. The fourth-order valence-electron chi connectivity index (χ4n) is 3.11. The zero-order chi connectivity index (χ0) is 10.7. The highest BCUT2D eigenvalue weighted by atomic mass is 16.5. The zero-order valence-corrected chi connectivity index (χ0v) is 10.2. The molecule has 1 fully saturated rings. The second-order valence-electron chi connectivity index (χ2n) is 4.27. The van der Waals surface area contributed by atoms with E-state index in [0.29, 0.717) is 0 Å². The predicted octanol–water partition coefficient (Wildman–Crippen LogP) is 2.72. The van der Waals surface area contributed by atoms with Crippen LogP contribution in [-0.4, -0.2) is 24.3 Å². The Labute approximate surface area is 88.4 Å². The van der Waals surface area contributed by atoms with Crippen LogP contribution in [0.2, 0.25) is 0 Å². The first-order valence-corrected chi connectivity index (χ1v) is 6.09. The summed E-state index contributed by atoms with van der Waals surface area (Å²) < 4.78 is 6.10. The second kappa shape index (κ2) is 4.63. The molecular weight excluding hydrogens is 174 g/mol. The number of hydrogen-bond acceptors (Lipinski definition) is 2. The molecule has 2 nitrogen and oxygen atoms in total. The molecule has 84 valence electrons. The van der Waals surface area contributed by atoms with Gasteiger partial charge in [-0.25, -0.2) is 0 Å². The number of rotatable bonds is 4. The van der Waals surface area contributed by atoms with Gasteiger partial charge in [-0.2, -0.15) is 0 Å². The summed E-state index contributed by atoms with van der Waals surface area (Å²) >= 11 is 0. The minimum absolute atomic E-state index is 0.0642. The van der Waals surface area contributed by atoms with Crippen molar-refractivity contribution in [1.29, 1.82) is 0 Å². The van der Waals surface area contributed by atoms with Gasteiger partial charge in [-0.3, -0.25) is 0 Å². The lowest BCUT2D eigenvalue weighted by atomic mass is 9.71. The van der Waals surface area contributed by atoms with Crippen LogP contribution in [0.15, 0.2) is 0 Å². The Kier molecular flexibility index (Phi) is 3.96. The first-order valence-electron chi connectivity index (χ1n) is 6.09. The van der Waals surface area contributed by atoms with E-state index in [9.17, 15) is 0 Å². The molecule has 0 amide bonds. The van der Waals surface area contributed by atoms with E-state index in [-0.39, 0.29) is 11.1 Å². The average molecular weight is 199 g/mol. The lowest BCUT2D eigenvalue weighted by Crippen LogP contribution is -2.67. The van der Waals surface area contributed by atoms with Gasteiger partial charge in [0, 0.05) is 12.1 Å². The summed E-state index contributed by atoms with van der Waals surface area (Å²) in [5, 5.41) is 3.70. The molecule has 1 saturated heterocycles. The van der Waals surface area contributed by atoms with Gasteiger partial charge in [0.15, 0.2) is 0 Å². The maximum atomic E-state index is 6.10. The van der Waals surface area contributed by atoms with Crippen molar-refractivity contribution in [3.05, 3.63) is 0 Å². The van der Waals surface area contributed by atoms with Crippen molar-refractivity contribution in [2.24, 2.45) is 0 Å². The van der Waals surface area contributed by atoms with Gasteiger partial charge in [-0.1, -0.05) is 27.7 Å². The van der Waals surface area contributed by atoms with Crippen LogP contribution in [0.3, 0.4) is 0 Å². The Morgan fingerprint density at radius 3 is 1.93 bits per heavy atom. The molecule has 0 aliphatic carbocycles. The van der Waals surface area contributed by atoms with Gasteiger partial charge in [0.1, 0.15) is 0 Å². The molecule has 0 aromatic carbocycles. The first kappa shape index (κ1) is 12.0. The van der Waals surface area contributed by atoms with Crippen LogP contribution < -0.4 is 5.32 Å². The average Bonchev–Trinajstić information content (AvgIpc) is 2.28. The summed E-state index contributed by atoms with van der Waals surface area (Å²) in [5.74, 6) is 0. The topological polar surface area (TPSA) is 21.3 Å². The molecule has 1 N–H and O–H groups in total. The fourth-order valence-corrected chi connectivity index (χ4v) is 3.11. The van der Waals surface area contributed by atoms with Crippen LogP contribution in [0.5, 0.6) is 0 Å². The third kappa shape index (κ3) is 1.59. The lowest BCUT2D eigenvalue weighted by Gasteiger charge is -2.53. The van der Waals surface area contributed by atoms with Gasteiger partial charge in [-0.05, 0) is 25.7 Å².